The van der Waals surface area contributed by atoms with Crippen molar-refractivity contribution in [3.05, 3.63) is 75.9 Å². The first kappa shape index (κ1) is 28.0. The number of anilines is 2. The number of benzene rings is 2. The third-order valence-electron chi connectivity index (χ3n) is 5.81. The van der Waals surface area contributed by atoms with Crippen LogP contribution in [0.25, 0.3) is 0 Å². The van der Waals surface area contributed by atoms with Gasteiger partial charge in [0.25, 0.3) is 15.9 Å². The lowest BCUT2D eigenvalue weighted by molar-refractivity contribution is 0.0526. The van der Waals surface area contributed by atoms with E-state index in [1.807, 2.05) is 0 Å². The molecule has 4 rings (SSSR count). The van der Waals surface area contributed by atoms with Gasteiger partial charge in [0.2, 0.25) is 0 Å². The highest BCUT2D eigenvalue weighted by atomic mass is 32.2. The lowest BCUT2D eigenvalue weighted by Crippen LogP contribution is -2.36. The molecule has 13 heteroatoms. The molecule has 0 unspecified atom stereocenters. The minimum atomic E-state index is -3.95. The number of fused-ring (bicyclic) bond motifs is 1. The highest BCUT2D eigenvalue weighted by Gasteiger charge is 2.31. The number of esters is 1. The number of hydrogen-bond acceptors (Lipinski definition) is 8. The van der Waals surface area contributed by atoms with Gasteiger partial charge in [0.15, 0.2) is 0 Å². The van der Waals surface area contributed by atoms with Crippen LogP contribution in [0.4, 0.5) is 19.9 Å². The fraction of sp³-hybridized carbons (Fsp3) is 0.269. The summed E-state index contributed by atoms with van der Waals surface area (Å²) in [6, 6.07) is 10.1. The van der Waals surface area contributed by atoms with Crippen molar-refractivity contribution in [3.63, 3.8) is 0 Å². The molecule has 206 valence electrons. The Kier molecular flexibility index (Phi) is 8.51. The van der Waals surface area contributed by atoms with Gasteiger partial charge in [0.1, 0.15) is 10.8 Å². The summed E-state index contributed by atoms with van der Waals surface area (Å²) in [7, 11) is -3.95. The molecule has 2 aromatic carbocycles. The Morgan fingerprint density at radius 3 is 2.31 bits per heavy atom. The van der Waals surface area contributed by atoms with Gasteiger partial charge in [0, 0.05) is 22.7 Å². The molecule has 0 saturated carbocycles. The van der Waals surface area contributed by atoms with Crippen LogP contribution in [0, 0.1) is 5.82 Å². The van der Waals surface area contributed by atoms with Crippen LogP contribution in [0.1, 0.15) is 45.0 Å². The molecule has 0 bridgehead atoms. The maximum Gasteiger partial charge on any atom is 0.410 e. The van der Waals surface area contributed by atoms with E-state index in [2.05, 4.69) is 10.0 Å². The highest BCUT2D eigenvalue weighted by Crippen LogP contribution is 2.38. The maximum absolute atomic E-state index is 13.1. The van der Waals surface area contributed by atoms with Crippen LogP contribution in [0.2, 0.25) is 0 Å². The number of ether oxygens (including phenoxy) is 2. The Labute approximate surface area is 228 Å². The first-order valence-corrected chi connectivity index (χ1v) is 14.4. The summed E-state index contributed by atoms with van der Waals surface area (Å²) >= 11 is 1.19. The van der Waals surface area contributed by atoms with E-state index >= 15 is 0 Å². The zero-order valence-electron chi connectivity index (χ0n) is 21.2. The first-order valence-electron chi connectivity index (χ1n) is 12.1. The molecular weight excluding hydrogens is 549 g/mol. The van der Waals surface area contributed by atoms with Gasteiger partial charge < -0.3 is 19.7 Å². The van der Waals surface area contributed by atoms with Gasteiger partial charge in [0.05, 0.1) is 30.2 Å². The number of rotatable bonds is 8. The number of amides is 2. The number of hydrogen-bond donors (Lipinski definition) is 2. The van der Waals surface area contributed by atoms with Crippen molar-refractivity contribution in [1.29, 1.82) is 0 Å². The molecule has 3 aromatic rings. The molecule has 2 heterocycles. The van der Waals surface area contributed by atoms with Crippen LogP contribution in [0.3, 0.4) is 0 Å². The Bertz CT molecular complexity index is 1490. The fourth-order valence-electron chi connectivity index (χ4n) is 3.97. The van der Waals surface area contributed by atoms with Crippen LogP contribution in [-0.2, 0) is 32.5 Å². The molecular formula is C26H26FN3O7S2. The van der Waals surface area contributed by atoms with Gasteiger partial charge in [-0.1, -0.05) is 0 Å². The SMILES string of the molecule is CCOC(=O)c1c(NC(=O)c2ccc(NS(=O)(=O)c3ccc(F)cc3)cc2)sc2c1CCN(C(=O)OCC)C2. The van der Waals surface area contributed by atoms with Gasteiger partial charge in [-0.3, -0.25) is 9.52 Å². The molecule has 0 aliphatic carbocycles. The minimum Gasteiger partial charge on any atom is -0.462 e. The standard InChI is InChI=1S/C26H26FN3O7S2/c1-3-36-25(32)22-20-13-14-30(26(33)37-4-2)15-21(20)38-24(22)28-23(31)16-5-9-18(10-6-16)29-39(34,35)19-11-7-17(27)8-12-19/h5-12,29H,3-4,13-15H2,1-2H3,(H,28,31). The smallest absolute Gasteiger partial charge is 0.410 e. The number of halogens is 1. The molecule has 0 atom stereocenters. The molecule has 10 nitrogen and oxygen atoms in total. The molecule has 1 aliphatic rings. The van der Waals surface area contributed by atoms with Crippen molar-refractivity contribution in [2.45, 2.75) is 31.7 Å². The van der Waals surface area contributed by atoms with Crippen molar-refractivity contribution in [2.24, 2.45) is 0 Å². The van der Waals surface area contributed by atoms with E-state index in [0.29, 0.717) is 18.0 Å². The Morgan fingerprint density at radius 1 is 1.00 bits per heavy atom. The maximum atomic E-state index is 13.1. The minimum absolute atomic E-state index is 0.111. The summed E-state index contributed by atoms with van der Waals surface area (Å²) in [6.45, 7) is 4.40. The molecule has 0 fully saturated rings. The van der Waals surface area contributed by atoms with Crippen LogP contribution in [0.15, 0.2) is 53.4 Å². The topological polar surface area (TPSA) is 131 Å². The van der Waals surface area contributed by atoms with Crippen molar-refractivity contribution >= 4 is 50.0 Å². The number of sulfonamides is 1. The summed E-state index contributed by atoms with van der Waals surface area (Å²) in [4.78, 5) is 40.2. The molecule has 0 saturated heterocycles. The number of carbonyl (C=O) groups is 3. The predicted octanol–water partition coefficient (Wildman–Crippen LogP) is 4.63. The van der Waals surface area contributed by atoms with E-state index in [-0.39, 0.29) is 41.5 Å². The number of carbonyl (C=O) groups excluding carboxylic acids is 3. The summed E-state index contributed by atoms with van der Waals surface area (Å²) in [6.07, 6.45) is -0.0488. The average molecular weight is 576 g/mol. The lowest BCUT2D eigenvalue weighted by atomic mass is 10.0. The van der Waals surface area contributed by atoms with E-state index in [4.69, 9.17) is 9.47 Å². The van der Waals surface area contributed by atoms with Crippen LogP contribution < -0.4 is 10.0 Å². The van der Waals surface area contributed by atoms with E-state index in [1.165, 1.54) is 40.5 Å². The quantitative estimate of drug-likeness (QED) is 0.375. The van der Waals surface area contributed by atoms with E-state index < -0.39 is 33.8 Å². The second-order valence-corrected chi connectivity index (χ2v) is 11.2. The summed E-state index contributed by atoms with van der Waals surface area (Å²) < 4.78 is 50.9. The van der Waals surface area contributed by atoms with E-state index in [0.717, 1.165) is 34.7 Å². The largest absolute Gasteiger partial charge is 0.462 e. The molecule has 0 spiro atoms. The van der Waals surface area contributed by atoms with Crippen LogP contribution in [0.5, 0.6) is 0 Å². The summed E-state index contributed by atoms with van der Waals surface area (Å²) in [5.74, 6) is -1.65. The number of thiophene rings is 1. The Morgan fingerprint density at radius 2 is 1.67 bits per heavy atom. The average Bonchev–Trinajstić information content (AvgIpc) is 3.26. The zero-order valence-corrected chi connectivity index (χ0v) is 22.8. The first-order chi connectivity index (χ1) is 18.6. The molecule has 1 aliphatic heterocycles. The summed E-state index contributed by atoms with van der Waals surface area (Å²) in [5.41, 5.74) is 1.40. The summed E-state index contributed by atoms with van der Waals surface area (Å²) in [5, 5.41) is 3.06. The van der Waals surface area contributed by atoms with Crippen molar-refractivity contribution < 1.29 is 36.7 Å². The van der Waals surface area contributed by atoms with Gasteiger partial charge in [-0.2, -0.15) is 0 Å². The molecule has 39 heavy (non-hydrogen) atoms. The number of nitrogens with zero attached hydrogens (tertiary/aromatic N) is 1. The van der Waals surface area contributed by atoms with Gasteiger partial charge in [-0.25, -0.2) is 22.4 Å². The highest BCUT2D eigenvalue weighted by molar-refractivity contribution is 7.92. The molecule has 2 amide bonds. The zero-order chi connectivity index (χ0) is 28.2. The van der Waals surface area contributed by atoms with Crippen molar-refractivity contribution in [3.8, 4) is 0 Å². The van der Waals surface area contributed by atoms with Gasteiger partial charge >= 0.3 is 12.1 Å². The second-order valence-electron chi connectivity index (χ2n) is 8.39. The number of nitrogens with one attached hydrogen (secondary N) is 2. The van der Waals surface area contributed by atoms with Gasteiger partial charge in [-0.15, -0.1) is 11.3 Å². The Balaban J connectivity index is 1.52. The van der Waals surface area contributed by atoms with Crippen molar-refractivity contribution in [1.82, 2.24) is 4.90 Å². The molecule has 0 radical (unpaired) electrons. The van der Waals surface area contributed by atoms with Gasteiger partial charge in [-0.05, 0) is 74.4 Å². The van der Waals surface area contributed by atoms with E-state index in [9.17, 15) is 27.2 Å². The monoisotopic (exact) mass is 575 g/mol. The van der Waals surface area contributed by atoms with Crippen LogP contribution in [-0.4, -0.2) is 51.0 Å². The second kappa shape index (κ2) is 11.8. The molecule has 1 aromatic heterocycles. The fourth-order valence-corrected chi connectivity index (χ4v) is 6.28. The normalized spacial score (nSPS) is 12.8. The van der Waals surface area contributed by atoms with Crippen LogP contribution >= 0.6 is 11.3 Å². The molecule has 2 N–H and O–H groups in total. The Hall–Kier alpha value is -3.97. The third-order valence-corrected chi connectivity index (χ3v) is 8.34. The van der Waals surface area contributed by atoms with Crippen molar-refractivity contribution in [2.75, 3.05) is 29.8 Å². The van der Waals surface area contributed by atoms with E-state index in [1.54, 1.807) is 13.8 Å². The lowest BCUT2D eigenvalue weighted by Gasteiger charge is -2.26. The third kappa shape index (κ3) is 6.37. The predicted molar refractivity (Wildman–Crippen MR) is 143 cm³/mol.